The van der Waals surface area contributed by atoms with Gasteiger partial charge in [0.2, 0.25) is 23.6 Å². The first-order valence-electron chi connectivity index (χ1n) is 17.6. The van der Waals surface area contributed by atoms with Gasteiger partial charge in [0.1, 0.15) is 0 Å². The largest absolute Gasteiger partial charge is 0.541 e. The number of ether oxygens (including phenoxy) is 1. The number of nitrogens with zero attached hydrogens (tertiary/aromatic N) is 5. The van der Waals surface area contributed by atoms with E-state index in [0.29, 0.717) is 18.7 Å². The second-order valence-corrected chi connectivity index (χ2v) is 13.0. The Morgan fingerprint density at radius 3 is 1.66 bits per heavy atom. The number of aromatic nitrogens is 4. The van der Waals surface area contributed by atoms with Crippen LogP contribution >= 0.6 is 0 Å². The van der Waals surface area contributed by atoms with Crippen LogP contribution in [0, 0.1) is 74.5 Å². The Labute approximate surface area is 415 Å². The third-order valence-electron chi connectivity index (χ3n) is 9.71. The van der Waals surface area contributed by atoms with Crippen LogP contribution in [0.4, 0.5) is 0 Å². The van der Waals surface area contributed by atoms with Crippen molar-refractivity contribution in [2.75, 3.05) is 0 Å². The van der Waals surface area contributed by atoms with Gasteiger partial charge in [0.25, 0.3) is 0 Å². The number of fused-ring (bicyclic) bond motifs is 1. The summed E-state index contributed by atoms with van der Waals surface area (Å²) < 4.78 is 5.13. The SMILES string of the molecule is N#N.O=C1NN=C2OC(=O)C3CCCCCC1C23.O=[C-]C1/C=C/CCCCC1.O=[C-]C1CCCCCC2C(=O)NNC(=O)C12.O=c1nnc(=O)[nH][nH]1.[CH3-].[CH3-].[CH3-].[Y].[Y].[Y]. The quantitative estimate of drug-likeness (QED) is 0.123. The Bertz CT molecular complexity index is 1550. The van der Waals surface area contributed by atoms with Crippen LogP contribution in [0.3, 0.4) is 0 Å². The third kappa shape index (κ3) is 19.5. The Balaban J connectivity index is -0.000000329. The van der Waals surface area contributed by atoms with Gasteiger partial charge in [-0.2, -0.15) is 0 Å². The molecule has 7 atom stereocenters. The fraction of sp³-hybridized carbons (Fsp3) is 0.611. The molecule has 1 aromatic rings. The molecule has 3 aliphatic heterocycles. The van der Waals surface area contributed by atoms with E-state index >= 15 is 0 Å². The summed E-state index contributed by atoms with van der Waals surface area (Å²) in [6.45, 7) is 0. The van der Waals surface area contributed by atoms with Gasteiger partial charge in [0.15, 0.2) is 0 Å². The number of amides is 3. The summed E-state index contributed by atoms with van der Waals surface area (Å²) >= 11 is 0. The first-order valence-corrected chi connectivity index (χ1v) is 17.6. The summed E-state index contributed by atoms with van der Waals surface area (Å²) in [7, 11) is 0. The Morgan fingerprint density at radius 1 is 0.603 bits per heavy atom. The molecule has 3 radical (unpaired) electrons. The first kappa shape index (κ1) is 62.6. The number of hydrazine groups is 1. The van der Waals surface area contributed by atoms with Gasteiger partial charge >= 0.3 is 17.3 Å². The summed E-state index contributed by atoms with van der Waals surface area (Å²) in [6, 6.07) is 0. The minimum atomic E-state index is -0.662. The zero-order valence-corrected chi connectivity index (χ0v) is 42.0. The number of nitrogens with one attached hydrogen (secondary N) is 5. The van der Waals surface area contributed by atoms with Crippen LogP contribution < -0.4 is 27.7 Å². The monoisotopic (exact) mass is 1040 g/mol. The molecule has 22 heteroatoms. The van der Waals surface area contributed by atoms with Gasteiger partial charge in [0, 0.05) is 121 Å². The predicted molar refractivity (Wildman–Crippen MR) is 198 cm³/mol. The fourth-order valence-corrected chi connectivity index (χ4v) is 7.13. The molecule has 3 aliphatic carbocycles. The van der Waals surface area contributed by atoms with Gasteiger partial charge in [-0.05, 0) is 32.1 Å². The van der Waals surface area contributed by atoms with E-state index in [1.165, 1.54) is 19.3 Å². The topological polar surface area (TPSA) is 299 Å². The summed E-state index contributed by atoms with van der Waals surface area (Å²) in [4.78, 5) is 88.0. The minimum absolute atomic E-state index is 0. The number of H-pyrrole nitrogens is 2. The number of rotatable bonds is 2. The Morgan fingerprint density at radius 2 is 1.10 bits per heavy atom. The molecule has 0 spiro atoms. The van der Waals surface area contributed by atoms with E-state index in [0.717, 1.165) is 64.2 Å². The molecular formula is C36H53N10O9Y3-5. The normalized spacial score (nSPS) is 26.6. The van der Waals surface area contributed by atoms with Crippen molar-refractivity contribution in [2.45, 2.75) is 96.3 Å². The maximum atomic E-state index is 11.7. The Hall–Kier alpha value is -2.10. The molecule has 58 heavy (non-hydrogen) atoms. The van der Waals surface area contributed by atoms with Crippen molar-refractivity contribution < 1.29 is 132 Å². The van der Waals surface area contributed by atoms with E-state index in [4.69, 9.17) is 15.5 Å². The van der Waals surface area contributed by atoms with Crippen molar-refractivity contribution in [3.05, 3.63) is 55.4 Å². The van der Waals surface area contributed by atoms with Crippen molar-refractivity contribution >= 4 is 42.2 Å². The molecule has 5 N–H and O–H groups in total. The number of esters is 1. The molecule has 4 heterocycles. The average Bonchev–Trinajstić information content (AvgIpc) is 3.43. The number of hydrazone groups is 1. The van der Waals surface area contributed by atoms with E-state index in [9.17, 15) is 38.4 Å². The molecule has 1 aromatic heterocycles. The molecular weight excluding hydrogens is 983 g/mol. The van der Waals surface area contributed by atoms with Crippen molar-refractivity contribution in [1.82, 2.24) is 36.7 Å². The number of hydrogen-bond acceptors (Lipinski definition) is 14. The number of hydrogen-bond donors (Lipinski definition) is 5. The van der Waals surface area contributed by atoms with Gasteiger partial charge in [0.05, 0.1) is 17.8 Å². The summed E-state index contributed by atoms with van der Waals surface area (Å²) in [5.74, 6) is -1.84. The van der Waals surface area contributed by atoms with Crippen LogP contribution in [0.2, 0.25) is 0 Å². The number of carbonyl (C=O) groups excluding carboxylic acids is 6. The van der Waals surface area contributed by atoms with E-state index in [1.54, 1.807) is 0 Å². The predicted octanol–water partition coefficient (Wildman–Crippen LogP) is 2.33. The van der Waals surface area contributed by atoms with E-state index < -0.39 is 23.2 Å². The number of allylic oxidation sites excluding steroid dienone is 2. The first-order chi connectivity index (χ1) is 25.2. The van der Waals surface area contributed by atoms with Crippen LogP contribution in [0.25, 0.3) is 0 Å². The van der Waals surface area contributed by atoms with Crippen LogP contribution in [0.1, 0.15) is 96.3 Å². The Kier molecular flexibility index (Phi) is 37.3. The summed E-state index contributed by atoms with van der Waals surface area (Å²) in [5, 5.41) is 25.5. The molecule has 19 nitrogen and oxygen atoms in total. The van der Waals surface area contributed by atoms with Crippen molar-refractivity contribution in [3.8, 4) is 0 Å². The minimum Gasteiger partial charge on any atom is -0.541 e. The van der Waals surface area contributed by atoms with Crippen LogP contribution in [-0.4, -0.2) is 62.6 Å². The van der Waals surface area contributed by atoms with E-state index in [1.807, 2.05) is 28.8 Å². The summed E-state index contributed by atoms with van der Waals surface area (Å²) in [6.07, 6.45) is 23.0. The van der Waals surface area contributed by atoms with Gasteiger partial charge in [-0.25, -0.2) is 25.2 Å². The molecule has 4 fully saturated rings. The van der Waals surface area contributed by atoms with Gasteiger partial charge in [-0.1, -0.05) is 80.5 Å². The third-order valence-corrected chi connectivity index (χ3v) is 9.71. The molecule has 2 saturated carbocycles. The molecule has 0 bridgehead atoms. The standard InChI is InChI=1S/C11H14N2O3.C11H15N2O3.C9H13O.C2H2N4O2.3CH3.N2.3Y/c14-9-6-4-2-1-3-5-7-8(6)10(13-12-9)16-11(7)15;14-6-7-4-2-1-3-5-8-9(7)11(16)13-12-10(8)15;10-8-9-6-4-2-1-3-5-7-9;7-1-3-5-2(8)6-4-1;;;;1-2;;;/h6-8H,1-5H2,(H,12,14);7-9H,1-5H2,(H,12,15)(H,13,16);4,6,9H,1-3,5,7H2;(H,3,4,7)(H,5,6,8);3*1H3;;;;/q;2*-1;;3*-1;;;;/b;;6-4+;;;;;;;;. The molecule has 2 saturated heterocycles. The van der Waals surface area contributed by atoms with Crippen LogP contribution in [0.15, 0.2) is 26.8 Å². The van der Waals surface area contributed by atoms with E-state index in [-0.39, 0.29) is 174 Å². The number of aromatic amines is 2. The average molecular weight is 1040 g/mol. The molecule has 0 aromatic carbocycles. The van der Waals surface area contributed by atoms with Crippen molar-refractivity contribution in [3.63, 3.8) is 0 Å². The second-order valence-electron chi connectivity index (χ2n) is 13.0. The second kappa shape index (κ2) is 34.6. The summed E-state index contributed by atoms with van der Waals surface area (Å²) in [5.41, 5.74) is 5.81. The van der Waals surface area contributed by atoms with E-state index in [2.05, 4.69) is 37.7 Å². The van der Waals surface area contributed by atoms with Crippen LogP contribution in [0.5, 0.6) is 0 Å². The molecule has 3 amide bonds. The molecule has 7 rings (SSSR count). The fourth-order valence-electron chi connectivity index (χ4n) is 7.13. The van der Waals surface area contributed by atoms with Crippen molar-refractivity contribution in [2.24, 2.45) is 46.5 Å². The van der Waals surface area contributed by atoms with Gasteiger partial charge in [-0.3, -0.25) is 42.6 Å². The smallest absolute Gasteiger partial charge is 0.378 e. The number of carbonyl (C=O) groups is 4. The zero-order valence-electron chi connectivity index (χ0n) is 33.4. The van der Waals surface area contributed by atoms with Crippen molar-refractivity contribution in [1.29, 1.82) is 10.8 Å². The van der Waals surface area contributed by atoms with Crippen LogP contribution in [-0.2, 0) is 132 Å². The molecule has 315 valence electrons. The van der Waals surface area contributed by atoms with Gasteiger partial charge < -0.3 is 36.6 Å². The molecule has 7 unspecified atom stereocenters. The maximum Gasteiger partial charge on any atom is 0.378 e. The van der Waals surface area contributed by atoms with Gasteiger partial charge in [-0.15, -0.1) is 23.0 Å². The maximum absolute atomic E-state index is 11.7. The zero-order chi connectivity index (χ0) is 37.9. The molecule has 6 aliphatic rings.